The lowest BCUT2D eigenvalue weighted by molar-refractivity contribution is -0.138. The zero-order chi connectivity index (χ0) is 10.7. The van der Waals surface area contributed by atoms with Crippen LogP contribution in [0.25, 0.3) is 0 Å². The number of rotatable bonds is 3. The fourth-order valence-corrected chi connectivity index (χ4v) is 0.961. The molecule has 1 rings (SSSR count). The van der Waals surface area contributed by atoms with Crippen LogP contribution >= 0.6 is 0 Å². The number of nitrogens with zero attached hydrogens (tertiary/aromatic N) is 1. The van der Waals surface area contributed by atoms with Gasteiger partial charge in [0.1, 0.15) is 6.04 Å². The molecule has 1 aliphatic heterocycles. The summed E-state index contributed by atoms with van der Waals surface area (Å²) >= 11 is 0. The van der Waals surface area contributed by atoms with Crippen LogP contribution in [-0.4, -0.2) is 54.4 Å². The molecule has 80 valence electrons. The molecule has 1 unspecified atom stereocenters. The third-order valence-corrected chi connectivity index (χ3v) is 2.20. The molecular formula is C8H14N2O4. The zero-order valence-corrected chi connectivity index (χ0v) is 8.19. The van der Waals surface area contributed by atoms with Crippen molar-refractivity contribution in [3.8, 4) is 0 Å². The number of amides is 2. The summed E-state index contributed by atoms with van der Waals surface area (Å²) in [5.74, 6) is -1.04. The minimum Gasteiger partial charge on any atom is -0.480 e. The van der Waals surface area contributed by atoms with Crippen LogP contribution in [0, 0.1) is 0 Å². The van der Waals surface area contributed by atoms with E-state index in [-0.39, 0.29) is 12.1 Å². The van der Waals surface area contributed by atoms with Crippen LogP contribution in [0.2, 0.25) is 0 Å². The van der Waals surface area contributed by atoms with Gasteiger partial charge in [-0.15, -0.1) is 0 Å². The topological polar surface area (TPSA) is 78.9 Å². The average Bonchev–Trinajstić information content (AvgIpc) is 2.00. The van der Waals surface area contributed by atoms with Crippen molar-refractivity contribution in [1.29, 1.82) is 0 Å². The van der Waals surface area contributed by atoms with E-state index in [0.29, 0.717) is 13.2 Å². The van der Waals surface area contributed by atoms with Gasteiger partial charge in [0.05, 0.1) is 19.3 Å². The number of carbonyl (C=O) groups is 2. The fourth-order valence-electron chi connectivity index (χ4n) is 0.961. The van der Waals surface area contributed by atoms with Gasteiger partial charge in [-0.2, -0.15) is 0 Å². The third kappa shape index (κ3) is 2.35. The second kappa shape index (κ2) is 4.28. The minimum atomic E-state index is -1.04. The first-order valence-electron chi connectivity index (χ1n) is 4.36. The first-order chi connectivity index (χ1) is 6.52. The van der Waals surface area contributed by atoms with Crippen LogP contribution in [0.5, 0.6) is 0 Å². The Hall–Kier alpha value is -1.30. The van der Waals surface area contributed by atoms with E-state index in [0.717, 1.165) is 0 Å². The van der Waals surface area contributed by atoms with E-state index < -0.39 is 12.0 Å². The maximum atomic E-state index is 11.4. The molecule has 0 saturated carbocycles. The molecule has 0 aromatic carbocycles. The van der Waals surface area contributed by atoms with Gasteiger partial charge in [-0.05, 0) is 6.92 Å². The van der Waals surface area contributed by atoms with Gasteiger partial charge in [-0.1, -0.05) is 0 Å². The Morgan fingerprint density at radius 2 is 2.14 bits per heavy atom. The summed E-state index contributed by atoms with van der Waals surface area (Å²) in [5.41, 5.74) is 0. The monoisotopic (exact) mass is 202 g/mol. The van der Waals surface area contributed by atoms with Crippen molar-refractivity contribution >= 4 is 12.0 Å². The van der Waals surface area contributed by atoms with Crippen molar-refractivity contribution in [2.45, 2.75) is 19.0 Å². The lowest BCUT2D eigenvalue weighted by Gasteiger charge is -2.34. The van der Waals surface area contributed by atoms with Crippen LogP contribution in [0.4, 0.5) is 4.79 Å². The van der Waals surface area contributed by atoms with E-state index in [1.807, 2.05) is 0 Å². The van der Waals surface area contributed by atoms with Gasteiger partial charge in [0, 0.05) is 7.05 Å². The number of hydrogen-bond acceptors (Lipinski definition) is 3. The highest BCUT2D eigenvalue weighted by molar-refractivity contribution is 5.82. The maximum absolute atomic E-state index is 11.4. The van der Waals surface area contributed by atoms with Crippen molar-refractivity contribution in [3.63, 3.8) is 0 Å². The third-order valence-electron chi connectivity index (χ3n) is 2.20. The lowest BCUT2D eigenvalue weighted by atomic mass is 10.2. The molecule has 1 saturated heterocycles. The second-order valence-corrected chi connectivity index (χ2v) is 3.31. The highest BCUT2D eigenvalue weighted by Crippen LogP contribution is 2.07. The van der Waals surface area contributed by atoms with Gasteiger partial charge in [0.15, 0.2) is 0 Å². The number of carboxylic acids is 1. The van der Waals surface area contributed by atoms with E-state index >= 15 is 0 Å². The summed E-state index contributed by atoms with van der Waals surface area (Å²) in [7, 11) is 1.62. The van der Waals surface area contributed by atoms with E-state index in [1.165, 1.54) is 11.8 Å². The second-order valence-electron chi connectivity index (χ2n) is 3.31. The molecule has 0 aliphatic carbocycles. The van der Waals surface area contributed by atoms with Crippen molar-refractivity contribution in [3.05, 3.63) is 0 Å². The van der Waals surface area contributed by atoms with Gasteiger partial charge >= 0.3 is 12.0 Å². The van der Waals surface area contributed by atoms with Crippen LogP contribution < -0.4 is 5.32 Å². The van der Waals surface area contributed by atoms with Crippen LogP contribution in [0.15, 0.2) is 0 Å². The lowest BCUT2D eigenvalue weighted by Crippen LogP contribution is -2.55. The number of carboxylic acid groups (broad SMARTS) is 1. The summed E-state index contributed by atoms with van der Waals surface area (Å²) in [6.45, 7) is 2.46. The molecule has 0 bridgehead atoms. The molecule has 2 amide bonds. The van der Waals surface area contributed by atoms with Crippen LogP contribution in [-0.2, 0) is 9.53 Å². The predicted octanol–water partition coefficient (Wildman–Crippen LogP) is -0.500. The Labute approximate surface area is 81.8 Å². The molecule has 1 atom stereocenters. The SMILES string of the molecule is CC(NC(=O)N(C)C1COC1)C(=O)O. The first-order valence-corrected chi connectivity index (χ1v) is 4.36. The highest BCUT2D eigenvalue weighted by atomic mass is 16.5. The zero-order valence-electron chi connectivity index (χ0n) is 8.19. The molecular weight excluding hydrogens is 188 g/mol. The van der Waals surface area contributed by atoms with Crippen LogP contribution in [0.1, 0.15) is 6.92 Å². The molecule has 0 aromatic rings. The Balaban J connectivity index is 2.36. The quantitative estimate of drug-likeness (QED) is 0.646. The number of carbonyl (C=O) groups excluding carboxylic acids is 1. The highest BCUT2D eigenvalue weighted by Gasteiger charge is 2.28. The fraction of sp³-hybridized carbons (Fsp3) is 0.750. The molecule has 0 aromatic heterocycles. The van der Waals surface area contributed by atoms with E-state index in [2.05, 4.69) is 5.32 Å². The van der Waals surface area contributed by atoms with Crippen molar-refractivity contribution in [2.75, 3.05) is 20.3 Å². The van der Waals surface area contributed by atoms with E-state index in [1.54, 1.807) is 7.05 Å². The molecule has 2 N–H and O–H groups in total. The molecule has 1 aliphatic rings. The van der Waals surface area contributed by atoms with Crippen LogP contribution in [0.3, 0.4) is 0 Å². The summed E-state index contributed by atoms with van der Waals surface area (Å²) in [5, 5.41) is 10.9. The number of likely N-dealkylation sites (N-methyl/N-ethyl adjacent to an activating group) is 1. The molecule has 14 heavy (non-hydrogen) atoms. The van der Waals surface area contributed by atoms with Gasteiger partial charge < -0.3 is 20.1 Å². The number of aliphatic carboxylic acids is 1. The molecule has 1 heterocycles. The number of hydrogen-bond donors (Lipinski definition) is 2. The summed E-state index contributed by atoms with van der Waals surface area (Å²) in [6, 6.07) is -1.19. The van der Waals surface area contributed by atoms with Crippen molar-refractivity contribution < 1.29 is 19.4 Å². The molecule has 0 spiro atoms. The minimum absolute atomic E-state index is 0.0657. The summed E-state index contributed by atoms with van der Waals surface area (Å²) < 4.78 is 4.92. The van der Waals surface area contributed by atoms with Crippen molar-refractivity contribution in [1.82, 2.24) is 10.2 Å². The van der Waals surface area contributed by atoms with E-state index in [9.17, 15) is 9.59 Å². The Morgan fingerprint density at radius 3 is 2.50 bits per heavy atom. The Kier molecular flexibility index (Phi) is 3.29. The largest absolute Gasteiger partial charge is 0.480 e. The van der Waals surface area contributed by atoms with Crippen molar-refractivity contribution in [2.24, 2.45) is 0 Å². The predicted molar refractivity (Wildman–Crippen MR) is 48.0 cm³/mol. The van der Waals surface area contributed by atoms with Gasteiger partial charge in [0.25, 0.3) is 0 Å². The van der Waals surface area contributed by atoms with Gasteiger partial charge in [0.2, 0.25) is 0 Å². The normalized spacial score (nSPS) is 18.1. The summed E-state index contributed by atoms with van der Waals surface area (Å²) in [4.78, 5) is 23.3. The Bertz CT molecular complexity index is 239. The van der Waals surface area contributed by atoms with Gasteiger partial charge in [-0.25, -0.2) is 4.79 Å². The van der Waals surface area contributed by atoms with E-state index in [4.69, 9.17) is 9.84 Å². The number of nitrogens with one attached hydrogen (secondary N) is 1. The Morgan fingerprint density at radius 1 is 1.57 bits per heavy atom. The molecule has 6 nitrogen and oxygen atoms in total. The maximum Gasteiger partial charge on any atom is 0.325 e. The average molecular weight is 202 g/mol. The summed E-state index contributed by atoms with van der Waals surface area (Å²) in [6.07, 6.45) is 0. The number of urea groups is 1. The number of ether oxygens (including phenoxy) is 1. The molecule has 1 fully saturated rings. The van der Waals surface area contributed by atoms with Gasteiger partial charge in [-0.3, -0.25) is 4.79 Å². The first kappa shape index (κ1) is 10.8. The molecule has 6 heteroatoms. The standard InChI is InChI=1S/C8H14N2O4/c1-5(7(11)12)9-8(13)10(2)6-3-14-4-6/h5-6H,3-4H2,1-2H3,(H,9,13)(H,11,12). The molecule has 0 radical (unpaired) electrons. The smallest absolute Gasteiger partial charge is 0.325 e.